The lowest BCUT2D eigenvalue weighted by Crippen LogP contribution is -2.36. The van der Waals surface area contributed by atoms with Crippen molar-refractivity contribution in [3.8, 4) is 0 Å². The summed E-state index contributed by atoms with van der Waals surface area (Å²) in [6.45, 7) is 2.70. The molecule has 1 aliphatic heterocycles. The molecule has 6 heteroatoms. The maximum Gasteiger partial charge on any atom is 0.269 e. The first-order valence-electron chi connectivity index (χ1n) is 6.86. The highest BCUT2D eigenvalue weighted by molar-refractivity contribution is 5.78. The summed E-state index contributed by atoms with van der Waals surface area (Å²) in [6.07, 6.45) is 2.35. The van der Waals surface area contributed by atoms with Crippen molar-refractivity contribution in [1.82, 2.24) is 10.6 Å². The third-order valence-corrected chi connectivity index (χ3v) is 3.53. The van der Waals surface area contributed by atoms with Gasteiger partial charge < -0.3 is 10.6 Å². The molecule has 1 heterocycles. The molecule has 6 nitrogen and oxygen atoms in total. The SMILES string of the molecule is O=C(Cc1cccc([N+](=O)[O-])c1)NCC1CCNCC1. The van der Waals surface area contributed by atoms with Crippen molar-refractivity contribution >= 4 is 11.6 Å². The molecule has 0 aliphatic carbocycles. The molecular weight excluding hydrogens is 258 g/mol. The van der Waals surface area contributed by atoms with Gasteiger partial charge in [-0.15, -0.1) is 0 Å². The number of rotatable bonds is 5. The van der Waals surface area contributed by atoms with E-state index in [2.05, 4.69) is 10.6 Å². The minimum absolute atomic E-state index is 0.0219. The smallest absolute Gasteiger partial charge is 0.269 e. The highest BCUT2D eigenvalue weighted by Crippen LogP contribution is 2.14. The average molecular weight is 277 g/mol. The number of piperidine rings is 1. The van der Waals surface area contributed by atoms with Crippen LogP contribution < -0.4 is 10.6 Å². The lowest BCUT2D eigenvalue weighted by Gasteiger charge is -2.22. The van der Waals surface area contributed by atoms with E-state index < -0.39 is 4.92 Å². The number of nitro benzene ring substituents is 1. The quantitative estimate of drug-likeness (QED) is 0.626. The fraction of sp³-hybridized carbons (Fsp3) is 0.500. The Morgan fingerprint density at radius 2 is 2.15 bits per heavy atom. The molecule has 2 rings (SSSR count). The number of carbonyl (C=O) groups is 1. The maximum atomic E-state index is 11.8. The van der Waals surface area contributed by atoms with Gasteiger partial charge in [0.05, 0.1) is 11.3 Å². The van der Waals surface area contributed by atoms with Gasteiger partial charge in [0.2, 0.25) is 5.91 Å². The van der Waals surface area contributed by atoms with Crippen LogP contribution in [0.1, 0.15) is 18.4 Å². The summed E-state index contributed by atoms with van der Waals surface area (Å²) < 4.78 is 0. The molecule has 20 heavy (non-hydrogen) atoms. The Balaban J connectivity index is 1.81. The Bertz CT molecular complexity index is 484. The van der Waals surface area contributed by atoms with Crippen molar-refractivity contribution in [3.05, 3.63) is 39.9 Å². The normalized spacial score (nSPS) is 15.8. The number of nitrogens with zero attached hydrogens (tertiary/aromatic N) is 1. The zero-order valence-electron chi connectivity index (χ0n) is 11.3. The molecule has 1 aromatic rings. The predicted molar refractivity (Wildman–Crippen MR) is 75.4 cm³/mol. The largest absolute Gasteiger partial charge is 0.356 e. The zero-order chi connectivity index (χ0) is 14.4. The lowest BCUT2D eigenvalue weighted by atomic mass is 9.98. The van der Waals surface area contributed by atoms with Gasteiger partial charge in [-0.2, -0.15) is 0 Å². The van der Waals surface area contributed by atoms with Crippen LogP contribution in [-0.4, -0.2) is 30.5 Å². The van der Waals surface area contributed by atoms with Gasteiger partial charge in [0.25, 0.3) is 5.69 Å². The number of nitro groups is 1. The monoisotopic (exact) mass is 277 g/mol. The Hall–Kier alpha value is -1.95. The fourth-order valence-electron chi connectivity index (χ4n) is 2.37. The van der Waals surface area contributed by atoms with Gasteiger partial charge in [-0.25, -0.2) is 0 Å². The van der Waals surface area contributed by atoms with Crippen LogP contribution in [0.15, 0.2) is 24.3 Å². The number of hydrogen-bond acceptors (Lipinski definition) is 4. The van der Waals surface area contributed by atoms with Gasteiger partial charge in [0.15, 0.2) is 0 Å². The van der Waals surface area contributed by atoms with Crippen LogP contribution >= 0.6 is 0 Å². The second-order valence-electron chi connectivity index (χ2n) is 5.10. The van der Waals surface area contributed by atoms with Crippen LogP contribution in [0.25, 0.3) is 0 Å². The minimum atomic E-state index is -0.448. The van der Waals surface area contributed by atoms with Crippen molar-refractivity contribution in [2.24, 2.45) is 5.92 Å². The van der Waals surface area contributed by atoms with Crippen LogP contribution in [0, 0.1) is 16.0 Å². The summed E-state index contributed by atoms with van der Waals surface area (Å²) in [5.41, 5.74) is 0.690. The van der Waals surface area contributed by atoms with Crippen LogP contribution in [0.3, 0.4) is 0 Å². The molecule has 0 bridgehead atoms. The van der Waals surface area contributed by atoms with Crippen LogP contribution in [0.2, 0.25) is 0 Å². The van der Waals surface area contributed by atoms with E-state index in [1.54, 1.807) is 12.1 Å². The molecule has 0 atom stereocenters. The fourth-order valence-corrected chi connectivity index (χ4v) is 2.37. The highest BCUT2D eigenvalue weighted by Gasteiger charge is 2.14. The standard InChI is InChI=1S/C14H19N3O3/c18-14(16-10-11-4-6-15-7-5-11)9-12-2-1-3-13(8-12)17(19)20/h1-3,8,11,15H,4-7,9-10H2,(H,16,18). The van der Waals surface area contributed by atoms with E-state index in [0.717, 1.165) is 25.9 Å². The molecule has 0 saturated carbocycles. The molecule has 108 valence electrons. The third-order valence-electron chi connectivity index (χ3n) is 3.53. The van der Waals surface area contributed by atoms with Crippen molar-refractivity contribution in [3.63, 3.8) is 0 Å². The second-order valence-corrected chi connectivity index (χ2v) is 5.10. The summed E-state index contributed by atoms with van der Waals surface area (Å²) in [5, 5.41) is 16.9. The number of hydrogen-bond donors (Lipinski definition) is 2. The first kappa shape index (κ1) is 14.5. The van der Waals surface area contributed by atoms with Crippen molar-refractivity contribution < 1.29 is 9.72 Å². The van der Waals surface area contributed by atoms with E-state index in [4.69, 9.17) is 0 Å². The topological polar surface area (TPSA) is 84.3 Å². The Morgan fingerprint density at radius 1 is 1.40 bits per heavy atom. The Labute approximate surface area is 117 Å². The van der Waals surface area contributed by atoms with Gasteiger partial charge in [-0.3, -0.25) is 14.9 Å². The Kier molecular flexibility index (Phi) is 5.06. The van der Waals surface area contributed by atoms with E-state index in [1.165, 1.54) is 12.1 Å². The molecule has 0 spiro atoms. The molecule has 1 fully saturated rings. The van der Waals surface area contributed by atoms with Crippen molar-refractivity contribution in [1.29, 1.82) is 0 Å². The van der Waals surface area contributed by atoms with Crippen molar-refractivity contribution in [2.45, 2.75) is 19.3 Å². The second kappa shape index (κ2) is 7.00. The number of benzene rings is 1. The molecule has 0 radical (unpaired) electrons. The molecule has 1 saturated heterocycles. The average Bonchev–Trinajstić information content (AvgIpc) is 2.46. The lowest BCUT2D eigenvalue weighted by molar-refractivity contribution is -0.384. The van der Waals surface area contributed by atoms with E-state index in [0.29, 0.717) is 18.0 Å². The zero-order valence-corrected chi connectivity index (χ0v) is 11.3. The predicted octanol–water partition coefficient (Wildman–Crippen LogP) is 1.25. The summed E-state index contributed by atoms with van der Waals surface area (Å²) >= 11 is 0. The van der Waals surface area contributed by atoms with E-state index in [9.17, 15) is 14.9 Å². The van der Waals surface area contributed by atoms with E-state index in [1.807, 2.05) is 0 Å². The van der Waals surface area contributed by atoms with E-state index in [-0.39, 0.29) is 18.0 Å². The number of nitrogens with one attached hydrogen (secondary N) is 2. The molecule has 1 amide bonds. The first-order chi connectivity index (χ1) is 9.65. The maximum absolute atomic E-state index is 11.8. The number of carbonyl (C=O) groups excluding carboxylic acids is 1. The summed E-state index contributed by atoms with van der Waals surface area (Å²) in [6, 6.07) is 6.21. The van der Waals surface area contributed by atoms with Crippen molar-refractivity contribution in [2.75, 3.05) is 19.6 Å². The summed E-state index contributed by atoms with van der Waals surface area (Å²) in [4.78, 5) is 22.1. The van der Waals surface area contributed by atoms with Crippen LogP contribution in [0.5, 0.6) is 0 Å². The Morgan fingerprint density at radius 3 is 2.85 bits per heavy atom. The highest BCUT2D eigenvalue weighted by atomic mass is 16.6. The van der Waals surface area contributed by atoms with Crippen LogP contribution in [0.4, 0.5) is 5.69 Å². The van der Waals surface area contributed by atoms with Gasteiger partial charge in [-0.05, 0) is 37.4 Å². The van der Waals surface area contributed by atoms with Gasteiger partial charge in [-0.1, -0.05) is 12.1 Å². The molecule has 0 unspecified atom stereocenters. The van der Waals surface area contributed by atoms with E-state index >= 15 is 0 Å². The number of non-ortho nitro benzene ring substituents is 1. The van der Waals surface area contributed by atoms with Gasteiger partial charge in [0.1, 0.15) is 0 Å². The number of amides is 1. The molecular formula is C14H19N3O3. The first-order valence-corrected chi connectivity index (χ1v) is 6.86. The molecule has 0 aromatic heterocycles. The van der Waals surface area contributed by atoms with Crippen LogP contribution in [-0.2, 0) is 11.2 Å². The minimum Gasteiger partial charge on any atom is -0.356 e. The molecule has 1 aliphatic rings. The summed E-state index contributed by atoms with van der Waals surface area (Å²) in [7, 11) is 0. The third kappa shape index (κ3) is 4.31. The molecule has 1 aromatic carbocycles. The van der Waals surface area contributed by atoms with Gasteiger partial charge in [0, 0.05) is 18.7 Å². The molecule has 2 N–H and O–H groups in total. The van der Waals surface area contributed by atoms with Gasteiger partial charge >= 0.3 is 0 Å². The summed E-state index contributed by atoms with van der Waals surface area (Å²) in [5.74, 6) is 0.453.